The highest BCUT2D eigenvalue weighted by atomic mass is 16.2. The molecule has 0 atom stereocenters. The summed E-state index contributed by atoms with van der Waals surface area (Å²) in [6.07, 6.45) is 4.69. The van der Waals surface area contributed by atoms with Crippen molar-refractivity contribution in [2.75, 3.05) is 20.6 Å². The molecule has 2 amide bonds. The van der Waals surface area contributed by atoms with Gasteiger partial charge in [0.2, 0.25) is 11.8 Å². The van der Waals surface area contributed by atoms with Crippen molar-refractivity contribution in [1.29, 1.82) is 0 Å². The summed E-state index contributed by atoms with van der Waals surface area (Å²) in [7, 11) is 3.93. The quantitative estimate of drug-likeness (QED) is 0.782. The van der Waals surface area contributed by atoms with Gasteiger partial charge in [0.15, 0.2) is 0 Å². The highest BCUT2D eigenvalue weighted by molar-refractivity contribution is 5.88. The molecular formula is C17H33N3O2. The summed E-state index contributed by atoms with van der Waals surface area (Å²) in [5, 5.41) is 5.56. The third-order valence-corrected chi connectivity index (χ3v) is 1.92. The Morgan fingerprint density at radius 2 is 1.36 bits per heavy atom. The molecule has 0 saturated heterocycles. The van der Waals surface area contributed by atoms with Gasteiger partial charge < -0.3 is 15.5 Å². The zero-order valence-corrected chi connectivity index (χ0v) is 15.4. The lowest BCUT2D eigenvalue weighted by atomic mass is 10.1. The number of rotatable bonds is 4. The summed E-state index contributed by atoms with van der Waals surface area (Å²) < 4.78 is 0. The Hall–Kier alpha value is -1.62. The van der Waals surface area contributed by atoms with Gasteiger partial charge in [-0.1, -0.05) is 12.7 Å². The van der Waals surface area contributed by atoms with Crippen molar-refractivity contribution in [1.82, 2.24) is 15.5 Å². The lowest BCUT2D eigenvalue weighted by Gasteiger charge is -2.19. The Morgan fingerprint density at radius 3 is 1.64 bits per heavy atom. The molecule has 22 heavy (non-hydrogen) atoms. The van der Waals surface area contributed by atoms with E-state index in [2.05, 4.69) is 17.2 Å². The van der Waals surface area contributed by atoms with Crippen molar-refractivity contribution in [2.45, 2.75) is 52.6 Å². The van der Waals surface area contributed by atoms with Crippen molar-refractivity contribution in [3.63, 3.8) is 0 Å². The maximum atomic E-state index is 11.2. The van der Waals surface area contributed by atoms with E-state index in [4.69, 9.17) is 0 Å². The van der Waals surface area contributed by atoms with E-state index in [1.165, 1.54) is 6.08 Å². The van der Waals surface area contributed by atoms with Crippen molar-refractivity contribution in [2.24, 2.45) is 0 Å². The first-order chi connectivity index (χ1) is 9.76. The van der Waals surface area contributed by atoms with Gasteiger partial charge in [-0.3, -0.25) is 9.59 Å². The normalized spacial score (nSPS) is 11.7. The summed E-state index contributed by atoms with van der Waals surface area (Å²) in [5.74, 6) is -0.156. The molecule has 0 spiro atoms. The molecule has 0 heterocycles. The van der Waals surface area contributed by atoms with Gasteiger partial charge in [0, 0.05) is 23.7 Å². The van der Waals surface area contributed by atoms with E-state index in [-0.39, 0.29) is 22.9 Å². The number of hydrogen-bond donors (Lipinski definition) is 2. The lowest BCUT2D eigenvalue weighted by molar-refractivity contribution is -0.118. The number of carbonyl (C=O) groups excluding carboxylic acids is 2. The molecule has 0 aliphatic rings. The van der Waals surface area contributed by atoms with Gasteiger partial charge in [-0.25, -0.2) is 0 Å². The van der Waals surface area contributed by atoms with Crippen molar-refractivity contribution in [3.05, 3.63) is 24.8 Å². The molecule has 5 heteroatoms. The summed E-state index contributed by atoms with van der Waals surface area (Å²) in [6, 6.07) is 0. The molecule has 0 fully saturated rings. The van der Waals surface area contributed by atoms with Crippen LogP contribution >= 0.6 is 0 Å². The molecular weight excluding hydrogens is 278 g/mol. The molecule has 0 radical (unpaired) electrons. The molecule has 0 saturated carbocycles. The molecule has 0 aromatic carbocycles. The maximum Gasteiger partial charge on any atom is 0.244 e. The first kappa shape index (κ1) is 22.7. The van der Waals surface area contributed by atoms with Crippen LogP contribution in [0.2, 0.25) is 0 Å². The minimum absolute atomic E-state index is 0.0330. The summed E-state index contributed by atoms with van der Waals surface area (Å²) >= 11 is 0. The SMILES string of the molecule is C=CC(=O)NC(C)(C)C.CN(C)C/C=C/C(=O)NC(C)(C)C. The minimum atomic E-state index is -0.153. The molecule has 0 aromatic rings. The highest BCUT2D eigenvalue weighted by Crippen LogP contribution is 1.98. The third-order valence-electron chi connectivity index (χ3n) is 1.92. The van der Waals surface area contributed by atoms with Crippen LogP contribution < -0.4 is 10.6 Å². The smallest absolute Gasteiger partial charge is 0.244 e. The second-order valence-corrected chi connectivity index (χ2v) is 7.35. The fourth-order valence-electron chi connectivity index (χ4n) is 1.20. The molecule has 0 rings (SSSR count). The first-order valence-electron chi connectivity index (χ1n) is 7.35. The van der Waals surface area contributed by atoms with E-state index in [0.717, 1.165) is 6.54 Å². The van der Waals surface area contributed by atoms with Gasteiger partial charge in [0.25, 0.3) is 0 Å². The summed E-state index contributed by atoms with van der Waals surface area (Å²) in [5.41, 5.74) is -0.301. The van der Waals surface area contributed by atoms with Crippen LogP contribution in [-0.4, -0.2) is 48.4 Å². The van der Waals surface area contributed by atoms with Crippen LogP contribution in [0.1, 0.15) is 41.5 Å². The van der Waals surface area contributed by atoms with Crippen LogP contribution in [0.25, 0.3) is 0 Å². The Kier molecular flexibility index (Phi) is 10.5. The number of carbonyl (C=O) groups is 2. The largest absolute Gasteiger partial charge is 0.348 e. The first-order valence-corrected chi connectivity index (χ1v) is 7.35. The Morgan fingerprint density at radius 1 is 0.955 bits per heavy atom. The zero-order valence-electron chi connectivity index (χ0n) is 15.4. The van der Waals surface area contributed by atoms with Crippen LogP contribution in [0.4, 0.5) is 0 Å². The van der Waals surface area contributed by atoms with E-state index in [1.807, 2.05) is 66.6 Å². The topological polar surface area (TPSA) is 61.4 Å². The van der Waals surface area contributed by atoms with E-state index < -0.39 is 0 Å². The fourth-order valence-corrected chi connectivity index (χ4v) is 1.20. The molecule has 0 aliphatic heterocycles. The van der Waals surface area contributed by atoms with Crippen LogP contribution in [0.15, 0.2) is 24.8 Å². The van der Waals surface area contributed by atoms with Crippen LogP contribution in [0.3, 0.4) is 0 Å². The van der Waals surface area contributed by atoms with Crippen molar-refractivity contribution in [3.8, 4) is 0 Å². The third kappa shape index (κ3) is 20.7. The van der Waals surface area contributed by atoms with E-state index in [1.54, 1.807) is 6.08 Å². The molecule has 0 bridgehead atoms. The van der Waals surface area contributed by atoms with Crippen LogP contribution in [-0.2, 0) is 9.59 Å². The Balaban J connectivity index is 0. The van der Waals surface area contributed by atoms with Gasteiger partial charge in [-0.05, 0) is 61.7 Å². The Labute approximate surface area is 135 Å². The molecule has 5 nitrogen and oxygen atoms in total. The monoisotopic (exact) mass is 311 g/mol. The van der Waals surface area contributed by atoms with Crippen LogP contribution in [0, 0.1) is 0 Å². The fraction of sp³-hybridized carbons (Fsp3) is 0.647. The second-order valence-electron chi connectivity index (χ2n) is 7.35. The predicted molar refractivity (Wildman–Crippen MR) is 93.7 cm³/mol. The van der Waals surface area contributed by atoms with Crippen molar-refractivity contribution >= 4 is 11.8 Å². The lowest BCUT2D eigenvalue weighted by Crippen LogP contribution is -2.39. The Bertz CT molecular complexity index is 386. The van der Waals surface area contributed by atoms with Gasteiger partial charge >= 0.3 is 0 Å². The number of hydrogen-bond acceptors (Lipinski definition) is 3. The van der Waals surface area contributed by atoms with Gasteiger partial charge in [-0.2, -0.15) is 0 Å². The standard InChI is InChI=1S/C10H20N2O.C7H13NO/c1-10(2,3)11-9(13)7-6-8-12(4)5;1-5-6(9)8-7(2,3)4/h6-7H,8H2,1-5H3,(H,11,13);5H,1H2,2-4H3,(H,8,9)/b7-6+;. The summed E-state index contributed by atoms with van der Waals surface area (Å²) in [6.45, 7) is 15.8. The van der Waals surface area contributed by atoms with Gasteiger partial charge in [0.1, 0.15) is 0 Å². The average molecular weight is 311 g/mol. The highest BCUT2D eigenvalue weighted by Gasteiger charge is 2.11. The van der Waals surface area contributed by atoms with Crippen LogP contribution in [0.5, 0.6) is 0 Å². The molecule has 0 unspecified atom stereocenters. The van der Waals surface area contributed by atoms with E-state index >= 15 is 0 Å². The van der Waals surface area contributed by atoms with E-state index in [9.17, 15) is 9.59 Å². The molecule has 0 aromatic heterocycles. The predicted octanol–water partition coefficient (Wildman–Crippen LogP) is 2.11. The number of nitrogens with one attached hydrogen (secondary N) is 2. The zero-order chi connectivity index (χ0) is 18.0. The van der Waals surface area contributed by atoms with E-state index in [0.29, 0.717) is 0 Å². The second kappa shape index (κ2) is 10.2. The molecule has 0 aliphatic carbocycles. The molecule has 128 valence electrons. The van der Waals surface area contributed by atoms with Gasteiger partial charge in [0.05, 0.1) is 0 Å². The van der Waals surface area contributed by atoms with Gasteiger partial charge in [-0.15, -0.1) is 0 Å². The number of nitrogens with zero attached hydrogens (tertiary/aromatic N) is 1. The number of likely N-dealkylation sites (N-methyl/N-ethyl adjacent to an activating group) is 1. The molecule has 2 N–H and O–H groups in total. The van der Waals surface area contributed by atoms with Crippen molar-refractivity contribution < 1.29 is 9.59 Å². The number of amides is 2. The summed E-state index contributed by atoms with van der Waals surface area (Å²) in [4.78, 5) is 23.8. The maximum absolute atomic E-state index is 11.2. The average Bonchev–Trinajstić information content (AvgIpc) is 2.24. The minimum Gasteiger partial charge on any atom is -0.348 e.